The third-order valence-corrected chi connectivity index (χ3v) is 7.45. The van der Waals surface area contributed by atoms with E-state index in [-0.39, 0.29) is 0 Å². The summed E-state index contributed by atoms with van der Waals surface area (Å²) in [7, 11) is 0. The maximum absolute atomic E-state index is 6.42. The number of hydrogen-bond donors (Lipinski definition) is 0. The van der Waals surface area contributed by atoms with Crippen molar-refractivity contribution in [3.8, 4) is 0 Å². The van der Waals surface area contributed by atoms with Gasteiger partial charge in [0.1, 0.15) is 5.58 Å². The number of hydrogen-bond acceptors (Lipinski definition) is 2. The van der Waals surface area contributed by atoms with Crippen molar-refractivity contribution in [2.24, 2.45) is 0 Å². The molecule has 0 spiro atoms. The Balaban J connectivity index is 1.53. The van der Waals surface area contributed by atoms with Crippen LogP contribution in [-0.4, -0.2) is 0 Å². The molecule has 3 heteroatoms. The van der Waals surface area contributed by atoms with Crippen LogP contribution in [0.25, 0.3) is 21.9 Å². The molecular formula is C26H26INO. The summed E-state index contributed by atoms with van der Waals surface area (Å²) in [6.45, 7) is 2.18. The topological polar surface area (TPSA) is 16.4 Å². The Morgan fingerprint density at radius 3 is 2.28 bits per heavy atom. The van der Waals surface area contributed by atoms with Gasteiger partial charge in [-0.1, -0.05) is 68.7 Å². The van der Waals surface area contributed by atoms with E-state index in [0.717, 1.165) is 29.2 Å². The smallest absolute Gasteiger partial charge is 0.159 e. The number of fused-ring (bicyclic) bond motifs is 3. The van der Waals surface area contributed by atoms with E-state index in [1.165, 1.54) is 59.7 Å². The Labute approximate surface area is 186 Å². The molecule has 0 radical (unpaired) electrons. The highest BCUT2D eigenvalue weighted by Gasteiger charge is 2.18. The van der Waals surface area contributed by atoms with Crippen molar-refractivity contribution in [1.29, 1.82) is 0 Å². The normalized spacial score (nSPS) is 15.2. The van der Waals surface area contributed by atoms with Crippen LogP contribution in [0.5, 0.6) is 0 Å². The highest BCUT2D eigenvalue weighted by molar-refractivity contribution is 14.1. The van der Waals surface area contributed by atoms with Gasteiger partial charge in [-0.05, 0) is 54.5 Å². The Kier molecular flexibility index (Phi) is 5.25. The fourth-order valence-corrected chi connectivity index (χ4v) is 5.45. The van der Waals surface area contributed by atoms with Crippen molar-refractivity contribution in [2.75, 3.05) is 3.11 Å². The van der Waals surface area contributed by atoms with E-state index in [4.69, 9.17) is 4.42 Å². The van der Waals surface area contributed by atoms with Crippen molar-refractivity contribution >= 4 is 56.2 Å². The number of nitrogens with zero attached hydrogens (tertiary/aromatic N) is 1. The lowest BCUT2D eigenvalue weighted by Gasteiger charge is -2.23. The molecule has 148 valence electrons. The van der Waals surface area contributed by atoms with Crippen LogP contribution in [0, 0.1) is 0 Å². The van der Waals surface area contributed by atoms with Crippen molar-refractivity contribution < 1.29 is 4.42 Å². The van der Waals surface area contributed by atoms with Gasteiger partial charge in [-0.15, -0.1) is 0 Å². The maximum atomic E-state index is 6.42. The largest absolute Gasteiger partial charge is 0.454 e. The molecule has 1 heterocycles. The molecular weight excluding hydrogens is 469 g/mol. The summed E-state index contributed by atoms with van der Waals surface area (Å²) in [5, 5.41) is 2.40. The summed E-state index contributed by atoms with van der Waals surface area (Å²) in [5.41, 5.74) is 7.04. The van der Waals surface area contributed by atoms with Gasteiger partial charge in [0.05, 0.1) is 34.2 Å². The minimum Gasteiger partial charge on any atom is -0.454 e. The molecule has 1 saturated carbocycles. The van der Waals surface area contributed by atoms with Gasteiger partial charge in [-0.3, -0.25) is 3.11 Å². The lowest BCUT2D eigenvalue weighted by atomic mass is 9.84. The quantitative estimate of drug-likeness (QED) is 0.208. The first-order chi connectivity index (χ1) is 14.3. The van der Waals surface area contributed by atoms with E-state index in [9.17, 15) is 0 Å². The molecule has 5 rings (SSSR count). The van der Waals surface area contributed by atoms with Gasteiger partial charge in [0, 0.05) is 10.8 Å². The maximum Gasteiger partial charge on any atom is 0.159 e. The third kappa shape index (κ3) is 3.43. The molecule has 3 aromatic carbocycles. The lowest BCUT2D eigenvalue weighted by molar-refractivity contribution is 0.443. The van der Waals surface area contributed by atoms with Gasteiger partial charge < -0.3 is 4.42 Å². The highest BCUT2D eigenvalue weighted by Crippen LogP contribution is 2.41. The second-order valence-corrected chi connectivity index (χ2v) is 9.08. The van der Waals surface area contributed by atoms with Crippen LogP contribution >= 0.6 is 22.9 Å². The number of furan rings is 1. The molecule has 4 aromatic rings. The van der Waals surface area contributed by atoms with Gasteiger partial charge in [0.2, 0.25) is 0 Å². The molecule has 2 nitrogen and oxygen atoms in total. The molecule has 0 N–H and O–H groups in total. The minimum atomic E-state index is 0.742. The van der Waals surface area contributed by atoms with Crippen LogP contribution in [0.2, 0.25) is 0 Å². The van der Waals surface area contributed by atoms with Gasteiger partial charge >= 0.3 is 0 Å². The fourth-order valence-electron chi connectivity index (χ4n) is 4.75. The van der Waals surface area contributed by atoms with Crippen molar-refractivity contribution in [3.05, 3.63) is 71.8 Å². The zero-order chi connectivity index (χ0) is 19.8. The van der Waals surface area contributed by atoms with Crippen LogP contribution in [-0.2, 0) is 6.42 Å². The van der Waals surface area contributed by atoms with E-state index in [1.54, 1.807) is 0 Å². The Bertz CT molecular complexity index is 1140. The molecule has 1 aliphatic rings. The van der Waals surface area contributed by atoms with Gasteiger partial charge in [0.25, 0.3) is 0 Å². The molecule has 1 aromatic heterocycles. The first-order valence-electron chi connectivity index (χ1n) is 10.7. The number of halogens is 1. The average molecular weight is 495 g/mol. The predicted octanol–water partition coefficient (Wildman–Crippen LogP) is 8.68. The molecule has 0 bridgehead atoms. The monoisotopic (exact) mass is 495 g/mol. The Hall–Kier alpha value is -2.01. The molecule has 0 unspecified atom stereocenters. The van der Waals surface area contributed by atoms with Crippen molar-refractivity contribution in [2.45, 2.75) is 51.4 Å². The number of para-hydroxylation sites is 2. The second-order valence-electron chi connectivity index (χ2n) is 8.11. The third-order valence-electron chi connectivity index (χ3n) is 6.37. The van der Waals surface area contributed by atoms with Crippen molar-refractivity contribution in [3.63, 3.8) is 0 Å². The van der Waals surface area contributed by atoms with E-state index < -0.39 is 0 Å². The number of benzene rings is 3. The fraction of sp³-hybridized carbons (Fsp3) is 0.308. The van der Waals surface area contributed by atoms with Gasteiger partial charge in [-0.2, -0.15) is 0 Å². The Morgan fingerprint density at radius 1 is 0.862 bits per heavy atom. The summed E-state index contributed by atoms with van der Waals surface area (Å²) in [4.78, 5) is 0. The molecule has 0 saturated heterocycles. The summed E-state index contributed by atoms with van der Waals surface area (Å²) in [6, 6.07) is 22.1. The molecule has 0 aliphatic heterocycles. The van der Waals surface area contributed by atoms with Gasteiger partial charge in [-0.25, -0.2) is 0 Å². The van der Waals surface area contributed by atoms with E-state index in [2.05, 4.69) is 93.6 Å². The highest BCUT2D eigenvalue weighted by atomic mass is 127. The van der Waals surface area contributed by atoms with E-state index in [1.807, 2.05) is 0 Å². The summed E-state index contributed by atoms with van der Waals surface area (Å²) in [6.07, 6.45) is 7.80. The van der Waals surface area contributed by atoms with E-state index in [0.29, 0.717) is 0 Å². The standard InChI is InChI=1S/C26H26INO/c1-2-18-10-6-11-22-23-12-7-13-24(26(23)29-25(18)22)28(27)21-16-14-20(15-17-21)19-8-4-3-5-9-19/h6-7,10-17,19H,2-5,8-9H2,1H3. The van der Waals surface area contributed by atoms with Crippen LogP contribution in [0.4, 0.5) is 11.4 Å². The average Bonchev–Trinajstić information content (AvgIpc) is 3.18. The zero-order valence-corrected chi connectivity index (χ0v) is 19.0. The molecule has 0 amide bonds. The number of aryl methyl sites for hydroxylation is 1. The molecule has 1 aliphatic carbocycles. The van der Waals surface area contributed by atoms with Crippen LogP contribution in [0.3, 0.4) is 0 Å². The van der Waals surface area contributed by atoms with Gasteiger partial charge in [0.15, 0.2) is 5.58 Å². The van der Waals surface area contributed by atoms with Crippen molar-refractivity contribution in [1.82, 2.24) is 0 Å². The summed E-state index contributed by atoms with van der Waals surface area (Å²) >= 11 is 2.40. The zero-order valence-electron chi connectivity index (χ0n) is 16.8. The number of anilines is 2. The molecule has 29 heavy (non-hydrogen) atoms. The first kappa shape index (κ1) is 19.0. The van der Waals surface area contributed by atoms with Crippen LogP contribution < -0.4 is 3.11 Å². The molecule has 1 fully saturated rings. The minimum absolute atomic E-state index is 0.742. The summed E-state index contributed by atoms with van der Waals surface area (Å²) < 4.78 is 8.64. The predicted molar refractivity (Wildman–Crippen MR) is 132 cm³/mol. The van der Waals surface area contributed by atoms with Crippen LogP contribution in [0.15, 0.2) is 65.1 Å². The SMILES string of the molecule is CCc1cccc2c1oc1c(N(I)c3ccc(C4CCCCC4)cc3)cccc12. The molecule has 0 atom stereocenters. The van der Waals surface area contributed by atoms with E-state index >= 15 is 0 Å². The second kappa shape index (κ2) is 8.02. The van der Waals surface area contributed by atoms with Crippen LogP contribution in [0.1, 0.15) is 56.1 Å². The number of rotatable bonds is 4. The lowest BCUT2D eigenvalue weighted by Crippen LogP contribution is -2.05. The Morgan fingerprint density at radius 2 is 1.55 bits per heavy atom. The first-order valence-corrected chi connectivity index (χ1v) is 11.7. The summed E-state index contributed by atoms with van der Waals surface area (Å²) in [5.74, 6) is 0.742.